The molecule has 42 heavy (non-hydrogen) atoms. The molecule has 6 nitrogen and oxygen atoms in total. The predicted molar refractivity (Wildman–Crippen MR) is 131 cm³/mol. The first-order valence-electron chi connectivity index (χ1n) is 10.8. The van der Waals surface area contributed by atoms with Crippen LogP contribution >= 0.6 is 23.2 Å². The number of aromatic nitrogens is 2. The van der Waals surface area contributed by atoms with E-state index in [4.69, 9.17) is 43.2 Å². The van der Waals surface area contributed by atoms with Gasteiger partial charge >= 0.3 is 12.4 Å². The van der Waals surface area contributed by atoms with E-state index in [0.717, 1.165) is 24.3 Å². The highest BCUT2D eigenvalue weighted by Gasteiger charge is 2.37. The molecule has 0 atom stereocenters. The molecule has 16 heteroatoms. The van der Waals surface area contributed by atoms with E-state index in [0.29, 0.717) is 12.1 Å². The third-order valence-corrected chi connectivity index (χ3v) is 5.24. The Labute approximate surface area is 240 Å². The van der Waals surface area contributed by atoms with Crippen molar-refractivity contribution in [3.05, 3.63) is 105 Å². The molecule has 0 amide bonds. The zero-order valence-electron chi connectivity index (χ0n) is 20.2. The van der Waals surface area contributed by atoms with Crippen LogP contribution in [0.4, 0.5) is 35.1 Å². The summed E-state index contributed by atoms with van der Waals surface area (Å²) in [5, 5.41) is 16.5. The molecule has 2 heterocycles. The minimum atomic E-state index is -4.79. The van der Waals surface area contributed by atoms with Gasteiger partial charge in [0.2, 0.25) is 11.8 Å². The van der Waals surface area contributed by atoms with E-state index in [9.17, 15) is 35.1 Å². The van der Waals surface area contributed by atoms with Crippen molar-refractivity contribution in [3.63, 3.8) is 0 Å². The minimum absolute atomic E-state index is 0.0450. The lowest BCUT2D eigenvalue weighted by Crippen LogP contribution is -2.10. The second-order valence-electron chi connectivity index (χ2n) is 7.68. The Hall–Kier alpha value is -4.66. The topological polar surface area (TPSA) is 91.8 Å². The molecule has 216 valence electrons. The van der Waals surface area contributed by atoms with Crippen LogP contribution in [0.1, 0.15) is 22.3 Å². The fourth-order valence-corrected chi connectivity index (χ4v) is 3.48. The number of hydrogen-bond donors (Lipinski definition) is 0. The zero-order valence-corrected chi connectivity index (χ0v) is 21.7. The molecule has 2 aromatic heterocycles. The summed E-state index contributed by atoms with van der Waals surface area (Å²) in [5.41, 5.74) is -4.15. The summed E-state index contributed by atoms with van der Waals surface area (Å²) < 4.78 is 113. The number of hydrogen-bond acceptors (Lipinski definition) is 6. The van der Waals surface area contributed by atoms with Gasteiger partial charge in [-0.2, -0.15) is 41.9 Å². The number of nitriles is 2. The molecule has 0 bridgehead atoms. The molecule has 0 aliphatic heterocycles. The van der Waals surface area contributed by atoms with Gasteiger partial charge in [-0.05, 0) is 30.3 Å². The van der Waals surface area contributed by atoms with Gasteiger partial charge in [-0.1, -0.05) is 35.3 Å². The van der Waals surface area contributed by atoms with Crippen LogP contribution in [0.5, 0.6) is 23.3 Å². The van der Waals surface area contributed by atoms with Crippen LogP contribution in [0.15, 0.2) is 60.7 Å². The molecule has 0 spiro atoms. The third kappa shape index (κ3) is 8.19. The van der Waals surface area contributed by atoms with Gasteiger partial charge in [0.25, 0.3) is 0 Å². The van der Waals surface area contributed by atoms with Crippen molar-refractivity contribution in [2.45, 2.75) is 12.4 Å². The van der Waals surface area contributed by atoms with E-state index in [-0.39, 0.29) is 11.5 Å². The van der Waals surface area contributed by atoms with Crippen LogP contribution in [0, 0.1) is 34.3 Å². The van der Waals surface area contributed by atoms with Crippen molar-refractivity contribution in [1.29, 1.82) is 10.5 Å². The van der Waals surface area contributed by atoms with Crippen LogP contribution in [-0.4, -0.2) is 9.97 Å². The Morgan fingerprint density at radius 1 is 0.667 bits per heavy atom. The largest absolute Gasteiger partial charge is 0.439 e. The maximum atomic E-state index is 13.0. The second-order valence-corrected chi connectivity index (χ2v) is 8.43. The smallest absolute Gasteiger partial charge is 0.417 e. The highest BCUT2D eigenvalue weighted by atomic mass is 35.5. The lowest BCUT2D eigenvalue weighted by atomic mass is 10.1. The number of nitrogens with zero attached hydrogens (tertiary/aromatic N) is 4. The molecule has 0 N–H and O–H groups in total. The normalized spacial score (nSPS) is 11.0. The van der Waals surface area contributed by atoms with Crippen LogP contribution in [-0.2, 0) is 12.4 Å². The van der Waals surface area contributed by atoms with Crippen molar-refractivity contribution in [1.82, 2.24) is 9.97 Å². The number of pyridine rings is 2. The van der Waals surface area contributed by atoms with Crippen LogP contribution in [0.3, 0.4) is 0 Å². The maximum Gasteiger partial charge on any atom is 0.417 e. The average Bonchev–Trinajstić information content (AvgIpc) is 2.87. The van der Waals surface area contributed by atoms with Gasteiger partial charge in [-0.15, -0.1) is 0 Å². The standard InChI is InChI=1S/2C13H5ClF4N2O/c14-12-9(6-19)10(13(16,17)18)5-11(20-12)21-8-3-1-2-7(15)4-8;14-11-5-10(13(16,17)18)9(6-19)12(20-11)21-8-3-1-2-7(15)4-8/h2*1-5H. The SMILES string of the molecule is N#Cc1c(C(F)(F)F)cc(Cl)nc1Oc1cccc(F)c1.N#Cc1c(C(F)(F)F)cc(Oc2cccc(F)c2)nc1Cl. The summed E-state index contributed by atoms with van der Waals surface area (Å²) in [6.07, 6.45) is -9.59. The molecule has 0 aliphatic carbocycles. The monoisotopic (exact) mass is 632 g/mol. The van der Waals surface area contributed by atoms with E-state index in [1.54, 1.807) is 0 Å². The third-order valence-electron chi connectivity index (χ3n) is 4.77. The molecular weight excluding hydrogens is 623 g/mol. The molecule has 4 rings (SSSR count). The Morgan fingerprint density at radius 3 is 1.64 bits per heavy atom. The lowest BCUT2D eigenvalue weighted by molar-refractivity contribution is -0.138. The van der Waals surface area contributed by atoms with Gasteiger partial charge in [0, 0.05) is 18.2 Å². The lowest BCUT2D eigenvalue weighted by Gasteiger charge is -2.12. The fourth-order valence-electron chi connectivity index (χ4n) is 3.06. The Kier molecular flexibility index (Phi) is 9.78. The highest BCUT2D eigenvalue weighted by molar-refractivity contribution is 6.30. The zero-order chi connectivity index (χ0) is 31.2. The first-order chi connectivity index (χ1) is 19.6. The number of rotatable bonds is 4. The molecule has 0 aliphatic rings. The molecule has 2 aromatic carbocycles. The van der Waals surface area contributed by atoms with Gasteiger partial charge in [-0.3, -0.25) is 0 Å². The quantitative estimate of drug-likeness (QED) is 0.165. The minimum Gasteiger partial charge on any atom is -0.439 e. The number of ether oxygens (including phenoxy) is 2. The molecule has 4 aromatic rings. The van der Waals surface area contributed by atoms with Gasteiger partial charge in [-0.25, -0.2) is 13.8 Å². The van der Waals surface area contributed by atoms with Gasteiger partial charge in [0.1, 0.15) is 51.6 Å². The fraction of sp³-hybridized carbons (Fsp3) is 0.0769. The molecule has 0 radical (unpaired) electrons. The number of alkyl halides is 6. The molecule has 0 saturated heterocycles. The van der Waals surface area contributed by atoms with Crippen molar-refractivity contribution in [2.24, 2.45) is 0 Å². The van der Waals surface area contributed by atoms with E-state index >= 15 is 0 Å². The summed E-state index contributed by atoms with van der Waals surface area (Å²) in [7, 11) is 0. The van der Waals surface area contributed by atoms with E-state index in [1.165, 1.54) is 36.4 Å². The Morgan fingerprint density at radius 2 is 1.17 bits per heavy atom. The summed E-state index contributed by atoms with van der Waals surface area (Å²) in [4.78, 5) is 7.08. The average molecular weight is 633 g/mol. The Bertz CT molecular complexity index is 1690. The molecule has 0 unspecified atom stereocenters. The van der Waals surface area contributed by atoms with Crippen molar-refractivity contribution >= 4 is 23.2 Å². The second kappa shape index (κ2) is 12.9. The summed E-state index contributed by atoms with van der Waals surface area (Å²) in [5.74, 6) is -2.54. The van der Waals surface area contributed by atoms with Gasteiger partial charge in [0.15, 0.2) is 5.15 Å². The van der Waals surface area contributed by atoms with Gasteiger partial charge < -0.3 is 9.47 Å². The number of benzene rings is 2. The molecular formula is C26H10Cl2F8N4O2. The van der Waals surface area contributed by atoms with Crippen LogP contribution in [0.25, 0.3) is 0 Å². The van der Waals surface area contributed by atoms with E-state index in [2.05, 4.69) is 9.97 Å². The summed E-state index contributed by atoms with van der Waals surface area (Å²) >= 11 is 11.1. The van der Waals surface area contributed by atoms with E-state index < -0.39 is 68.3 Å². The van der Waals surface area contributed by atoms with Crippen LogP contribution < -0.4 is 9.47 Å². The van der Waals surface area contributed by atoms with Crippen molar-refractivity contribution in [2.75, 3.05) is 0 Å². The van der Waals surface area contributed by atoms with E-state index in [1.807, 2.05) is 0 Å². The Balaban J connectivity index is 0.000000230. The highest BCUT2D eigenvalue weighted by Crippen LogP contribution is 2.38. The van der Waals surface area contributed by atoms with Gasteiger partial charge in [0.05, 0.1) is 11.1 Å². The number of halogens is 10. The first-order valence-corrected chi connectivity index (χ1v) is 11.6. The van der Waals surface area contributed by atoms with Crippen LogP contribution in [0.2, 0.25) is 10.3 Å². The summed E-state index contributed by atoms with van der Waals surface area (Å²) in [6.45, 7) is 0. The summed E-state index contributed by atoms with van der Waals surface area (Å²) in [6, 6.07) is 13.2. The molecule has 0 fully saturated rings. The first kappa shape index (κ1) is 31.9. The van der Waals surface area contributed by atoms with Crippen molar-refractivity contribution < 1.29 is 44.6 Å². The predicted octanol–water partition coefficient (Wildman–Crippen LogP) is 9.11. The molecule has 0 saturated carbocycles. The maximum absolute atomic E-state index is 13.0. The van der Waals surface area contributed by atoms with Crippen molar-refractivity contribution in [3.8, 4) is 35.4 Å².